The van der Waals surface area contributed by atoms with Crippen LogP contribution in [0.1, 0.15) is 59.7 Å². The molecule has 3 aromatic rings. The summed E-state index contributed by atoms with van der Waals surface area (Å²) in [5.74, 6) is -0.151. The fourth-order valence-electron chi connectivity index (χ4n) is 4.04. The van der Waals surface area contributed by atoms with Crippen LogP contribution < -0.4 is 10.9 Å². The van der Waals surface area contributed by atoms with E-state index in [0.717, 1.165) is 53.7 Å². The smallest absolute Gasteiger partial charge is 0.343 e. The van der Waals surface area contributed by atoms with Crippen molar-refractivity contribution >= 4 is 11.5 Å². The number of esters is 1. The van der Waals surface area contributed by atoms with E-state index in [4.69, 9.17) is 4.74 Å². The first-order chi connectivity index (χ1) is 14.5. The van der Waals surface area contributed by atoms with Crippen LogP contribution >= 0.6 is 0 Å². The fraction of sp³-hybridized carbons (Fsp3) is 0.360. The molecule has 4 rings (SSSR count). The molecule has 1 fully saturated rings. The summed E-state index contributed by atoms with van der Waals surface area (Å²) < 4.78 is 6.74. The molecule has 1 saturated carbocycles. The zero-order chi connectivity index (χ0) is 21.3. The largest absolute Gasteiger partial charge is 0.462 e. The lowest BCUT2D eigenvalue weighted by Crippen LogP contribution is -2.25. The van der Waals surface area contributed by atoms with Crippen LogP contribution in [0.5, 0.6) is 0 Å². The van der Waals surface area contributed by atoms with Crippen LogP contribution in [0.25, 0.3) is 16.6 Å². The maximum atomic E-state index is 13.0. The van der Waals surface area contributed by atoms with Crippen LogP contribution in [0.15, 0.2) is 47.4 Å². The van der Waals surface area contributed by atoms with Crippen molar-refractivity contribution in [1.29, 1.82) is 0 Å². The summed E-state index contributed by atoms with van der Waals surface area (Å²) in [5, 5.41) is 3.34. The Labute approximate surface area is 176 Å². The predicted octanol–water partition coefficient (Wildman–Crippen LogP) is 4.44. The molecule has 156 valence electrons. The number of carbonyl (C=O) groups is 1. The fourth-order valence-corrected chi connectivity index (χ4v) is 4.04. The molecule has 0 unspecified atom stereocenters. The van der Waals surface area contributed by atoms with Crippen LogP contribution in [-0.2, 0) is 11.3 Å². The van der Waals surface area contributed by atoms with E-state index < -0.39 is 5.97 Å². The second kappa shape index (κ2) is 8.44. The Morgan fingerprint density at radius 2 is 1.90 bits per heavy atom. The zero-order valence-corrected chi connectivity index (χ0v) is 17.8. The van der Waals surface area contributed by atoms with Gasteiger partial charge in [-0.05, 0) is 79.1 Å². The molecule has 5 heteroatoms. The highest BCUT2D eigenvalue weighted by molar-refractivity contribution is 5.91. The molecule has 0 saturated heterocycles. The van der Waals surface area contributed by atoms with Gasteiger partial charge in [-0.15, -0.1) is 0 Å². The lowest BCUT2D eigenvalue weighted by Gasteiger charge is -2.16. The van der Waals surface area contributed by atoms with E-state index in [1.54, 1.807) is 23.6 Å². The van der Waals surface area contributed by atoms with Crippen molar-refractivity contribution in [1.82, 2.24) is 9.72 Å². The minimum atomic E-state index is -0.545. The van der Waals surface area contributed by atoms with E-state index in [1.807, 2.05) is 6.07 Å². The van der Waals surface area contributed by atoms with Gasteiger partial charge in [0.25, 0.3) is 5.56 Å². The Bertz CT molecular complexity index is 1140. The van der Waals surface area contributed by atoms with Crippen molar-refractivity contribution < 1.29 is 9.53 Å². The van der Waals surface area contributed by atoms with E-state index in [2.05, 4.69) is 43.4 Å². The summed E-state index contributed by atoms with van der Waals surface area (Å²) >= 11 is 0. The number of nitrogens with one attached hydrogen (secondary N) is 1. The number of fused-ring (bicyclic) bond motifs is 1. The van der Waals surface area contributed by atoms with Gasteiger partial charge in [-0.25, -0.2) is 4.79 Å². The number of ether oxygens (including phenoxy) is 1. The normalized spacial score (nSPS) is 13.6. The van der Waals surface area contributed by atoms with E-state index in [0.29, 0.717) is 5.92 Å². The van der Waals surface area contributed by atoms with Crippen molar-refractivity contribution in [2.45, 2.75) is 46.1 Å². The molecule has 0 spiro atoms. The van der Waals surface area contributed by atoms with Crippen LogP contribution in [0.2, 0.25) is 0 Å². The highest BCUT2D eigenvalue weighted by Gasteiger charge is 2.29. The van der Waals surface area contributed by atoms with Gasteiger partial charge < -0.3 is 10.1 Å². The lowest BCUT2D eigenvalue weighted by atomic mass is 9.96. The monoisotopic (exact) mass is 404 g/mol. The van der Waals surface area contributed by atoms with Crippen LogP contribution in [0.4, 0.5) is 0 Å². The summed E-state index contributed by atoms with van der Waals surface area (Å²) in [6.07, 6.45) is 3.96. The summed E-state index contributed by atoms with van der Waals surface area (Å²) in [5.41, 5.74) is 6.33. The molecule has 5 nitrogen and oxygen atoms in total. The Hall–Kier alpha value is -2.92. The topological polar surface area (TPSA) is 59.8 Å². The number of hydrogen-bond donors (Lipinski definition) is 1. The second-order valence-corrected chi connectivity index (χ2v) is 7.86. The SMILES string of the molecule is CCNCc1ccc(-c2ccn3c(=O)c(C(=O)OCC)cc(C4CC4)c3c2C)cc1. The van der Waals surface area contributed by atoms with Gasteiger partial charge in [0.2, 0.25) is 0 Å². The third-order valence-corrected chi connectivity index (χ3v) is 5.77. The maximum absolute atomic E-state index is 13.0. The second-order valence-electron chi connectivity index (χ2n) is 7.86. The van der Waals surface area contributed by atoms with Crippen molar-refractivity contribution in [2.24, 2.45) is 0 Å². The third kappa shape index (κ3) is 3.77. The molecule has 1 aromatic carbocycles. The van der Waals surface area contributed by atoms with Gasteiger partial charge in [0.05, 0.1) is 12.1 Å². The molecule has 0 amide bonds. The van der Waals surface area contributed by atoms with Crippen molar-refractivity contribution in [3.05, 3.63) is 75.2 Å². The molecule has 1 aliphatic rings. The quantitative estimate of drug-likeness (QED) is 0.592. The van der Waals surface area contributed by atoms with Gasteiger partial charge in [0, 0.05) is 12.7 Å². The number of nitrogens with zero attached hydrogens (tertiary/aromatic N) is 1. The average Bonchev–Trinajstić information content (AvgIpc) is 3.59. The minimum Gasteiger partial charge on any atom is -0.462 e. The Kier molecular flexibility index (Phi) is 5.73. The van der Waals surface area contributed by atoms with Crippen LogP contribution in [-0.4, -0.2) is 23.5 Å². The highest BCUT2D eigenvalue weighted by atomic mass is 16.5. The molecule has 30 heavy (non-hydrogen) atoms. The molecule has 2 heterocycles. The highest BCUT2D eigenvalue weighted by Crippen LogP contribution is 2.43. The van der Waals surface area contributed by atoms with Crippen molar-refractivity contribution in [3.8, 4) is 11.1 Å². The van der Waals surface area contributed by atoms with Crippen molar-refractivity contribution in [3.63, 3.8) is 0 Å². The van der Waals surface area contributed by atoms with Gasteiger partial charge >= 0.3 is 5.97 Å². The molecule has 1 aliphatic carbocycles. The Morgan fingerprint density at radius 3 is 2.53 bits per heavy atom. The van der Waals surface area contributed by atoms with E-state index >= 15 is 0 Å². The van der Waals surface area contributed by atoms with Crippen LogP contribution in [0.3, 0.4) is 0 Å². The number of pyridine rings is 2. The van der Waals surface area contributed by atoms with Crippen molar-refractivity contribution in [2.75, 3.05) is 13.2 Å². The first-order valence-electron chi connectivity index (χ1n) is 10.7. The number of aryl methyl sites for hydroxylation is 1. The molecule has 0 radical (unpaired) electrons. The summed E-state index contributed by atoms with van der Waals surface area (Å²) in [6, 6.07) is 12.3. The molecular weight excluding hydrogens is 376 g/mol. The summed E-state index contributed by atoms with van der Waals surface area (Å²) in [6.45, 7) is 7.95. The summed E-state index contributed by atoms with van der Waals surface area (Å²) in [4.78, 5) is 25.4. The number of aromatic nitrogens is 1. The summed E-state index contributed by atoms with van der Waals surface area (Å²) in [7, 11) is 0. The molecule has 0 atom stereocenters. The molecule has 1 N–H and O–H groups in total. The van der Waals surface area contributed by atoms with E-state index in [-0.39, 0.29) is 17.7 Å². The number of rotatable bonds is 7. The first-order valence-corrected chi connectivity index (χ1v) is 10.7. The molecule has 0 aliphatic heterocycles. The Morgan fingerprint density at radius 1 is 1.17 bits per heavy atom. The van der Waals surface area contributed by atoms with Gasteiger partial charge in [-0.3, -0.25) is 9.20 Å². The van der Waals surface area contributed by atoms with Crippen LogP contribution in [0, 0.1) is 6.92 Å². The van der Waals surface area contributed by atoms with Gasteiger partial charge in [0.15, 0.2) is 0 Å². The average molecular weight is 405 g/mol. The minimum absolute atomic E-state index is 0.121. The lowest BCUT2D eigenvalue weighted by molar-refractivity contribution is 0.0524. The molecule has 2 aromatic heterocycles. The number of carbonyl (C=O) groups excluding carboxylic acids is 1. The predicted molar refractivity (Wildman–Crippen MR) is 119 cm³/mol. The number of benzene rings is 1. The van der Waals surface area contributed by atoms with E-state index in [1.165, 1.54) is 5.56 Å². The standard InChI is InChI=1S/C25H28N2O3/c1-4-26-15-17-6-8-18(9-7-17)20-12-13-27-23(16(20)3)21(19-10-11-19)14-22(24(27)28)25(29)30-5-2/h6-9,12-14,19,26H,4-5,10-11,15H2,1-3H3. The first kappa shape index (κ1) is 20.4. The third-order valence-electron chi connectivity index (χ3n) is 5.77. The molecule has 0 bridgehead atoms. The maximum Gasteiger partial charge on any atom is 0.343 e. The number of hydrogen-bond acceptors (Lipinski definition) is 4. The van der Waals surface area contributed by atoms with Gasteiger partial charge in [0.1, 0.15) is 5.56 Å². The Balaban J connectivity index is 1.84. The van der Waals surface area contributed by atoms with E-state index in [9.17, 15) is 9.59 Å². The van der Waals surface area contributed by atoms with Gasteiger partial charge in [-0.1, -0.05) is 31.2 Å². The van der Waals surface area contributed by atoms with Gasteiger partial charge in [-0.2, -0.15) is 0 Å². The zero-order valence-electron chi connectivity index (χ0n) is 17.8. The molecular formula is C25H28N2O3.